The summed E-state index contributed by atoms with van der Waals surface area (Å²) in [5.74, 6) is -3.66. The molecule has 0 saturated heterocycles. The number of nitrogens with zero attached hydrogens (tertiary/aromatic N) is 1. The van der Waals surface area contributed by atoms with Crippen molar-refractivity contribution in [2.45, 2.75) is 18.9 Å². The molecule has 6 nitrogen and oxygen atoms in total. The van der Waals surface area contributed by atoms with Gasteiger partial charge in [-0.05, 0) is 66.1 Å². The second-order valence-electron chi connectivity index (χ2n) is 7.79. The summed E-state index contributed by atoms with van der Waals surface area (Å²) in [6.07, 6.45) is 0.920. The Morgan fingerprint density at radius 1 is 0.882 bits per heavy atom. The number of benzene rings is 3. The number of carbonyl (C=O) groups is 2. The molecule has 0 bridgehead atoms. The topological polar surface area (TPSA) is 89.9 Å². The average molecular weight is 487 g/mol. The number of anilines is 1. The summed E-state index contributed by atoms with van der Waals surface area (Å²) in [4.78, 5) is 20.3. The summed E-state index contributed by atoms with van der Waals surface area (Å²) in [5.41, 5.74) is 4.76. The molecule has 0 amide bonds. The molecule has 0 saturated carbocycles. The Bertz CT molecular complexity index is 998. The van der Waals surface area contributed by atoms with E-state index in [1.807, 2.05) is 38.4 Å². The van der Waals surface area contributed by atoms with Gasteiger partial charge in [0.15, 0.2) is 0 Å². The lowest BCUT2D eigenvalue weighted by atomic mass is 9.88. The van der Waals surface area contributed by atoms with E-state index in [1.54, 1.807) is 0 Å². The largest absolute Gasteiger partial charge is 0.473 e. The molecule has 0 heterocycles. The summed E-state index contributed by atoms with van der Waals surface area (Å²) in [5, 5.41) is 19.0. The zero-order valence-electron chi connectivity index (χ0n) is 19.0. The third kappa shape index (κ3) is 8.84. The zero-order chi connectivity index (χ0) is 25.1. The number of carboxylic acids is 2. The molecule has 3 aromatic rings. The molecular formula is C26H28ClFN2O4. The van der Waals surface area contributed by atoms with E-state index >= 15 is 0 Å². The number of rotatable bonds is 8. The van der Waals surface area contributed by atoms with E-state index in [9.17, 15) is 4.39 Å². The van der Waals surface area contributed by atoms with E-state index in [-0.39, 0.29) is 11.7 Å². The lowest BCUT2D eigenvalue weighted by Gasteiger charge is -2.19. The van der Waals surface area contributed by atoms with Gasteiger partial charge in [0, 0.05) is 37.3 Å². The average Bonchev–Trinajstić information content (AvgIpc) is 2.81. The number of hydrogen-bond acceptors (Lipinski definition) is 4. The molecular weight excluding hydrogens is 459 g/mol. The van der Waals surface area contributed by atoms with Crippen molar-refractivity contribution in [2.24, 2.45) is 0 Å². The normalized spacial score (nSPS) is 11.2. The quantitative estimate of drug-likeness (QED) is 0.306. The molecule has 1 atom stereocenters. The van der Waals surface area contributed by atoms with Gasteiger partial charge in [-0.1, -0.05) is 48.0 Å². The predicted octanol–water partition coefficient (Wildman–Crippen LogP) is 5.01. The van der Waals surface area contributed by atoms with E-state index < -0.39 is 11.9 Å². The molecule has 3 aromatic carbocycles. The van der Waals surface area contributed by atoms with E-state index in [0.717, 1.165) is 30.1 Å². The number of hydrogen-bond donors (Lipinski definition) is 3. The van der Waals surface area contributed by atoms with Crippen LogP contribution in [0.25, 0.3) is 0 Å². The number of nitrogens with one attached hydrogen (secondary N) is 1. The highest BCUT2D eigenvalue weighted by atomic mass is 35.5. The van der Waals surface area contributed by atoms with Crippen molar-refractivity contribution in [2.75, 3.05) is 25.5 Å². The van der Waals surface area contributed by atoms with Crippen LogP contribution in [0.5, 0.6) is 0 Å². The lowest BCUT2D eigenvalue weighted by Crippen LogP contribution is -2.18. The zero-order valence-corrected chi connectivity index (χ0v) is 19.8. The predicted molar refractivity (Wildman–Crippen MR) is 132 cm³/mol. The Hall–Kier alpha value is -3.42. The SMILES string of the molecule is CN(C)c1ccc(CNCCC(c2ccc(F)cc2)c2ccc(Cl)cc2)cc1.O=C(O)C(=O)O. The van der Waals surface area contributed by atoms with Gasteiger partial charge >= 0.3 is 11.9 Å². The summed E-state index contributed by atoms with van der Waals surface area (Å²) in [6.45, 7) is 1.69. The lowest BCUT2D eigenvalue weighted by molar-refractivity contribution is -0.159. The van der Waals surface area contributed by atoms with Crippen LogP contribution in [0.2, 0.25) is 5.02 Å². The van der Waals surface area contributed by atoms with Crippen molar-refractivity contribution in [3.63, 3.8) is 0 Å². The maximum Gasteiger partial charge on any atom is 0.414 e. The fourth-order valence-electron chi connectivity index (χ4n) is 3.31. The van der Waals surface area contributed by atoms with Crippen molar-refractivity contribution < 1.29 is 24.2 Å². The molecule has 3 rings (SSSR count). The van der Waals surface area contributed by atoms with Crippen molar-refractivity contribution >= 4 is 29.2 Å². The van der Waals surface area contributed by atoms with Crippen LogP contribution in [-0.2, 0) is 16.1 Å². The second-order valence-corrected chi connectivity index (χ2v) is 8.23. The van der Waals surface area contributed by atoms with Crippen LogP contribution < -0.4 is 10.2 Å². The summed E-state index contributed by atoms with van der Waals surface area (Å²) in [7, 11) is 4.08. The maximum atomic E-state index is 13.3. The molecule has 0 spiro atoms. The molecule has 0 radical (unpaired) electrons. The van der Waals surface area contributed by atoms with E-state index in [0.29, 0.717) is 0 Å². The van der Waals surface area contributed by atoms with Gasteiger partial charge in [0.05, 0.1) is 0 Å². The van der Waals surface area contributed by atoms with E-state index in [1.165, 1.54) is 28.9 Å². The van der Waals surface area contributed by atoms with Crippen molar-refractivity contribution in [3.05, 3.63) is 100 Å². The van der Waals surface area contributed by atoms with Crippen molar-refractivity contribution in [1.29, 1.82) is 0 Å². The van der Waals surface area contributed by atoms with Crippen LogP contribution >= 0.6 is 11.6 Å². The summed E-state index contributed by atoms with van der Waals surface area (Å²) in [6, 6.07) is 23.3. The molecule has 8 heteroatoms. The highest BCUT2D eigenvalue weighted by molar-refractivity contribution is 6.30. The van der Waals surface area contributed by atoms with Gasteiger partial charge in [0.1, 0.15) is 5.82 Å². The summed E-state index contributed by atoms with van der Waals surface area (Å²) >= 11 is 6.04. The molecule has 0 aliphatic heterocycles. The fraction of sp³-hybridized carbons (Fsp3) is 0.231. The van der Waals surface area contributed by atoms with Crippen molar-refractivity contribution in [3.8, 4) is 0 Å². The van der Waals surface area contributed by atoms with Crippen LogP contribution in [0.3, 0.4) is 0 Å². The Morgan fingerprint density at radius 2 is 1.38 bits per heavy atom. The third-order valence-corrected chi connectivity index (χ3v) is 5.37. The van der Waals surface area contributed by atoms with Gasteiger partial charge in [-0.2, -0.15) is 0 Å². The van der Waals surface area contributed by atoms with E-state index in [2.05, 4.69) is 46.6 Å². The monoisotopic (exact) mass is 486 g/mol. The maximum absolute atomic E-state index is 13.3. The smallest absolute Gasteiger partial charge is 0.414 e. The fourth-order valence-corrected chi connectivity index (χ4v) is 3.43. The van der Waals surface area contributed by atoms with Crippen molar-refractivity contribution in [1.82, 2.24) is 5.32 Å². The van der Waals surface area contributed by atoms with Crippen LogP contribution in [0, 0.1) is 5.82 Å². The van der Waals surface area contributed by atoms with Gasteiger partial charge in [-0.25, -0.2) is 14.0 Å². The number of halogens is 2. The Balaban J connectivity index is 0.000000604. The van der Waals surface area contributed by atoms with Gasteiger partial charge < -0.3 is 20.4 Å². The van der Waals surface area contributed by atoms with Crippen LogP contribution in [-0.4, -0.2) is 42.8 Å². The van der Waals surface area contributed by atoms with Crippen LogP contribution in [0.15, 0.2) is 72.8 Å². The first kappa shape index (κ1) is 26.8. The molecule has 0 aliphatic carbocycles. The Morgan fingerprint density at radius 3 is 1.85 bits per heavy atom. The van der Waals surface area contributed by atoms with E-state index in [4.69, 9.17) is 31.4 Å². The Labute approximate surface area is 203 Å². The minimum atomic E-state index is -1.82. The van der Waals surface area contributed by atoms with Gasteiger partial charge in [0.2, 0.25) is 0 Å². The Kier molecular flexibility index (Phi) is 10.5. The first-order chi connectivity index (χ1) is 16.2. The number of aliphatic carboxylic acids is 2. The minimum absolute atomic E-state index is 0.196. The molecule has 0 fully saturated rings. The first-order valence-corrected chi connectivity index (χ1v) is 11.0. The van der Waals surface area contributed by atoms with Gasteiger partial charge in [-0.3, -0.25) is 0 Å². The molecule has 3 N–H and O–H groups in total. The molecule has 180 valence electrons. The highest BCUT2D eigenvalue weighted by Crippen LogP contribution is 2.29. The molecule has 1 unspecified atom stereocenters. The highest BCUT2D eigenvalue weighted by Gasteiger charge is 2.14. The van der Waals surface area contributed by atoms with Gasteiger partial charge in [0.25, 0.3) is 0 Å². The second kappa shape index (κ2) is 13.3. The molecule has 0 aliphatic rings. The van der Waals surface area contributed by atoms with Crippen LogP contribution in [0.4, 0.5) is 10.1 Å². The summed E-state index contributed by atoms with van der Waals surface area (Å²) < 4.78 is 13.3. The van der Waals surface area contributed by atoms with Gasteiger partial charge in [-0.15, -0.1) is 0 Å². The standard InChI is InChI=1S/C24H26ClFN2.C2H2O4/c1-28(2)23-13-3-18(4-14-23)17-27-16-15-24(19-5-9-21(25)10-6-19)20-7-11-22(26)12-8-20;3-1(4)2(5)6/h3-14,24,27H,15-17H2,1-2H3;(H,3,4)(H,5,6). The molecule has 34 heavy (non-hydrogen) atoms. The minimum Gasteiger partial charge on any atom is -0.473 e. The number of carboxylic acid groups (broad SMARTS) is 2. The molecule has 0 aromatic heterocycles. The van der Waals surface area contributed by atoms with Crippen LogP contribution in [0.1, 0.15) is 29.0 Å². The third-order valence-electron chi connectivity index (χ3n) is 5.12. The first-order valence-electron chi connectivity index (χ1n) is 10.6.